The molecule has 2 aromatic rings. The molecule has 0 unspecified atom stereocenters. The van der Waals surface area contributed by atoms with Crippen molar-refractivity contribution in [3.8, 4) is 0 Å². The van der Waals surface area contributed by atoms with Gasteiger partial charge in [-0.05, 0) is 18.2 Å². The van der Waals surface area contributed by atoms with Gasteiger partial charge in [-0.25, -0.2) is 4.79 Å². The molecule has 21 heavy (non-hydrogen) atoms. The van der Waals surface area contributed by atoms with Crippen molar-refractivity contribution in [2.45, 2.75) is 6.54 Å². The van der Waals surface area contributed by atoms with Crippen LogP contribution in [0.3, 0.4) is 0 Å². The minimum atomic E-state index is -1.15. The number of carbonyl (C=O) groups excluding carboxylic acids is 1. The molecule has 0 aliphatic rings. The third-order valence-corrected chi connectivity index (χ3v) is 2.68. The number of amides is 2. The Labute approximate surface area is 123 Å². The second kappa shape index (κ2) is 6.66. The molecule has 0 atom stereocenters. The number of carboxylic acid groups (broad SMARTS) is 1. The maximum Gasteiger partial charge on any atom is 0.323 e. The number of halogens is 1. The third-order valence-electron chi connectivity index (χ3n) is 2.45. The van der Waals surface area contributed by atoms with Gasteiger partial charge in [0.25, 0.3) is 0 Å². The van der Waals surface area contributed by atoms with Crippen LogP contribution in [0.2, 0.25) is 5.02 Å². The van der Waals surface area contributed by atoms with Gasteiger partial charge in [0.05, 0.1) is 6.54 Å². The van der Waals surface area contributed by atoms with E-state index in [1.54, 1.807) is 18.2 Å². The van der Waals surface area contributed by atoms with Crippen molar-refractivity contribution in [3.63, 3.8) is 0 Å². The lowest BCUT2D eigenvalue weighted by Gasteiger charge is -2.21. The van der Waals surface area contributed by atoms with Gasteiger partial charge in [-0.3, -0.25) is 9.69 Å². The zero-order valence-electron chi connectivity index (χ0n) is 10.7. The minimum absolute atomic E-state index is 0.0199. The second-order valence-electron chi connectivity index (χ2n) is 3.95. The fourth-order valence-corrected chi connectivity index (χ4v) is 1.75. The molecule has 2 amide bonds. The number of aliphatic carboxylic acids is 1. The Morgan fingerprint density at radius 2 is 2.24 bits per heavy atom. The summed E-state index contributed by atoms with van der Waals surface area (Å²) in [6.07, 6.45) is 0. The first kappa shape index (κ1) is 14.7. The lowest BCUT2D eigenvalue weighted by atomic mass is 10.3. The summed E-state index contributed by atoms with van der Waals surface area (Å²) in [7, 11) is 0. The number of carbonyl (C=O) groups is 2. The van der Waals surface area contributed by atoms with E-state index in [0.717, 1.165) is 4.90 Å². The van der Waals surface area contributed by atoms with Gasteiger partial charge >= 0.3 is 12.0 Å². The summed E-state index contributed by atoms with van der Waals surface area (Å²) in [5, 5.41) is 24.8. The number of anilines is 1. The molecule has 3 N–H and O–H groups in total. The van der Waals surface area contributed by atoms with Crippen LogP contribution < -0.4 is 10.2 Å². The highest BCUT2D eigenvalue weighted by molar-refractivity contribution is 6.30. The van der Waals surface area contributed by atoms with Crippen molar-refractivity contribution >= 4 is 29.3 Å². The number of carboxylic acids is 1. The van der Waals surface area contributed by atoms with Gasteiger partial charge in [0.1, 0.15) is 6.54 Å². The summed E-state index contributed by atoms with van der Waals surface area (Å²) in [6, 6.07) is 5.73. The summed E-state index contributed by atoms with van der Waals surface area (Å²) in [5.41, 5.74) is 0.371. The molecule has 1 aromatic heterocycles. The normalized spacial score (nSPS) is 10.1. The summed E-state index contributed by atoms with van der Waals surface area (Å²) < 4.78 is 0. The van der Waals surface area contributed by atoms with E-state index in [0.29, 0.717) is 10.7 Å². The first-order valence-electron chi connectivity index (χ1n) is 5.81. The summed E-state index contributed by atoms with van der Waals surface area (Å²) in [5.74, 6) is -0.866. The molecule has 9 nitrogen and oxygen atoms in total. The van der Waals surface area contributed by atoms with Gasteiger partial charge in [0.15, 0.2) is 5.82 Å². The molecule has 0 bridgehead atoms. The molecule has 0 spiro atoms. The predicted molar refractivity (Wildman–Crippen MR) is 72.8 cm³/mol. The fourth-order valence-electron chi connectivity index (χ4n) is 1.57. The van der Waals surface area contributed by atoms with E-state index in [4.69, 9.17) is 16.7 Å². The topological polar surface area (TPSA) is 124 Å². The number of aromatic amines is 1. The quantitative estimate of drug-likeness (QED) is 0.745. The van der Waals surface area contributed by atoms with Crippen LogP contribution in [-0.4, -0.2) is 44.3 Å². The van der Waals surface area contributed by atoms with Crippen molar-refractivity contribution < 1.29 is 14.7 Å². The molecule has 0 saturated heterocycles. The zero-order valence-corrected chi connectivity index (χ0v) is 11.4. The van der Waals surface area contributed by atoms with Crippen LogP contribution in [0.5, 0.6) is 0 Å². The maximum absolute atomic E-state index is 12.1. The Kier molecular flexibility index (Phi) is 4.67. The van der Waals surface area contributed by atoms with Crippen molar-refractivity contribution in [3.05, 3.63) is 35.1 Å². The van der Waals surface area contributed by atoms with E-state index in [-0.39, 0.29) is 12.4 Å². The van der Waals surface area contributed by atoms with Crippen LogP contribution in [0.15, 0.2) is 24.3 Å². The summed E-state index contributed by atoms with van der Waals surface area (Å²) in [6.45, 7) is -0.482. The molecule has 1 heterocycles. The SMILES string of the molecule is O=C(O)CN(C(=O)NCc1nn[nH]n1)c1cccc(Cl)c1. The highest BCUT2D eigenvalue weighted by atomic mass is 35.5. The number of benzene rings is 1. The van der Waals surface area contributed by atoms with Crippen LogP contribution in [-0.2, 0) is 11.3 Å². The number of tetrazole rings is 1. The molecule has 0 saturated carbocycles. The van der Waals surface area contributed by atoms with Crippen molar-refractivity contribution in [1.82, 2.24) is 25.9 Å². The van der Waals surface area contributed by atoms with E-state index in [2.05, 4.69) is 25.9 Å². The Balaban J connectivity index is 2.11. The number of H-pyrrole nitrogens is 1. The first-order chi connectivity index (χ1) is 10.1. The second-order valence-corrected chi connectivity index (χ2v) is 4.38. The number of rotatable bonds is 5. The molecule has 110 valence electrons. The maximum atomic E-state index is 12.1. The third kappa shape index (κ3) is 4.14. The van der Waals surface area contributed by atoms with Gasteiger partial charge in [0, 0.05) is 10.7 Å². The zero-order chi connectivity index (χ0) is 15.2. The average molecular weight is 311 g/mol. The van der Waals surface area contributed by atoms with Crippen LogP contribution in [0.1, 0.15) is 5.82 Å². The van der Waals surface area contributed by atoms with Crippen LogP contribution >= 0.6 is 11.6 Å². The van der Waals surface area contributed by atoms with Crippen molar-refractivity contribution in [2.24, 2.45) is 0 Å². The molecule has 2 rings (SSSR count). The van der Waals surface area contributed by atoms with Gasteiger partial charge in [-0.1, -0.05) is 22.9 Å². The lowest BCUT2D eigenvalue weighted by Crippen LogP contribution is -2.42. The number of urea groups is 1. The Morgan fingerprint density at radius 1 is 1.43 bits per heavy atom. The monoisotopic (exact) mass is 310 g/mol. The van der Waals surface area contributed by atoms with E-state index >= 15 is 0 Å². The van der Waals surface area contributed by atoms with E-state index in [9.17, 15) is 9.59 Å². The predicted octanol–water partition coefficient (Wildman–Crippen LogP) is 0.654. The number of aromatic nitrogens is 4. The standard InChI is InChI=1S/C11H11ClN6O3/c12-7-2-1-3-8(4-7)18(6-10(19)20)11(21)13-5-9-14-16-17-15-9/h1-4H,5-6H2,(H,13,21)(H,19,20)(H,14,15,16,17). The minimum Gasteiger partial charge on any atom is -0.480 e. The van der Waals surface area contributed by atoms with Crippen molar-refractivity contribution in [1.29, 1.82) is 0 Å². The summed E-state index contributed by atoms with van der Waals surface area (Å²) >= 11 is 5.85. The Bertz CT molecular complexity index is 633. The first-order valence-corrected chi connectivity index (χ1v) is 6.19. The Morgan fingerprint density at radius 3 is 2.86 bits per heavy atom. The average Bonchev–Trinajstić information content (AvgIpc) is 2.95. The molecule has 0 fully saturated rings. The number of hydrogen-bond acceptors (Lipinski definition) is 5. The smallest absolute Gasteiger partial charge is 0.323 e. The molecular formula is C11H11ClN6O3. The lowest BCUT2D eigenvalue weighted by molar-refractivity contribution is -0.135. The van der Waals surface area contributed by atoms with E-state index < -0.39 is 18.5 Å². The molecular weight excluding hydrogens is 300 g/mol. The van der Waals surface area contributed by atoms with Gasteiger partial charge in [-0.15, -0.1) is 10.2 Å². The summed E-state index contributed by atoms with van der Waals surface area (Å²) in [4.78, 5) is 24.1. The number of nitrogens with one attached hydrogen (secondary N) is 2. The largest absolute Gasteiger partial charge is 0.480 e. The molecule has 1 aromatic carbocycles. The van der Waals surface area contributed by atoms with Gasteiger partial charge in [0.2, 0.25) is 0 Å². The van der Waals surface area contributed by atoms with Crippen molar-refractivity contribution in [2.75, 3.05) is 11.4 Å². The number of hydrogen-bond donors (Lipinski definition) is 3. The van der Waals surface area contributed by atoms with Gasteiger partial charge < -0.3 is 10.4 Å². The molecule has 0 aliphatic carbocycles. The molecule has 10 heteroatoms. The van der Waals surface area contributed by atoms with E-state index in [1.165, 1.54) is 6.07 Å². The highest BCUT2D eigenvalue weighted by Gasteiger charge is 2.19. The van der Waals surface area contributed by atoms with Gasteiger partial charge in [-0.2, -0.15) is 5.21 Å². The fraction of sp³-hybridized carbons (Fsp3) is 0.182. The molecule has 0 radical (unpaired) electrons. The molecule has 0 aliphatic heterocycles. The number of nitrogens with zero attached hydrogens (tertiary/aromatic N) is 4. The highest BCUT2D eigenvalue weighted by Crippen LogP contribution is 2.19. The van der Waals surface area contributed by atoms with E-state index in [1.807, 2.05) is 0 Å². The Hall–Kier alpha value is -2.68. The van der Waals surface area contributed by atoms with Crippen LogP contribution in [0.25, 0.3) is 0 Å². The van der Waals surface area contributed by atoms with Crippen LogP contribution in [0, 0.1) is 0 Å². The van der Waals surface area contributed by atoms with Crippen LogP contribution in [0.4, 0.5) is 10.5 Å².